The zero-order valence-corrected chi connectivity index (χ0v) is 14.9. The van der Waals surface area contributed by atoms with Crippen LogP contribution < -0.4 is 0 Å². The Kier molecular flexibility index (Phi) is 6.19. The maximum Gasteiger partial charge on any atom is 0.335 e. The van der Waals surface area contributed by atoms with Crippen LogP contribution in [0.1, 0.15) is 34.3 Å². The number of carboxylic acids is 1. The Morgan fingerprint density at radius 1 is 1.07 bits per heavy atom. The lowest BCUT2D eigenvalue weighted by Gasteiger charge is -2.34. The average molecular weight is 371 g/mol. The summed E-state index contributed by atoms with van der Waals surface area (Å²) in [5.74, 6) is -1.40. The van der Waals surface area contributed by atoms with Gasteiger partial charge in [0.1, 0.15) is 5.82 Å². The van der Waals surface area contributed by atoms with Crippen molar-refractivity contribution < 1.29 is 23.8 Å². The van der Waals surface area contributed by atoms with Crippen molar-refractivity contribution in [2.45, 2.75) is 31.8 Å². The first kappa shape index (κ1) is 19.0. The summed E-state index contributed by atoms with van der Waals surface area (Å²) >= 11 is 0. The molecule has 1 aliphatic heterocycles. The standard InChI is InChI=1S/C21H22FNO4/c22-18-6-4-15(5-7-18)14-23(19-8-10-27-11-9-19)20(24)13-16-2-1-3-17(12-16)21(25)26/h1-7,12,19H,8-11,13-14H2,(H,25,26). The molecule has 0 saturated carbocycles. The van der Waals surface area contributed by atoms with Crippen molar-refractivity contribution >= 4 is 11.9 Å². The maximum absolute atomic E-state index is 13.2. The number of nitrogens with zero attached hydrogens (tertiary/aromatic N) is 1. The highest BCUT2D eigenvalue weighted by Crippen LogP contribution is 2.20. The fourth-order valence-electron chi connectivity index (χ4n) is 3.29. The molecule has 6 heteroatoms. The van der Waals surface area contributed by atoms with E-state index in [2.05, 4.69) is 0 Å². The van der Waals surface area contributed by atoms with Gasteiger partial charge in [0, 0.05) is 25.8 Å². The number of carbonyl (C=O) groups is 2. The van der Waals surface area contributed by atoms with E-state index in [-0.39, 0.29) is 29.8 Å². The summed E-state index contributed by atoms with van der Waals surface area (Å²) in [4.78, 5) is 26.0. The predicted molar refractivity (Wildman–Crippen MR) is 97.9 cm³/mol. The first-order chi connectivity index (χ1) is 13.0. The highest BCUT2D eigenvalue weighted by Gasteiger charge is 2.26. The summed E-state index contributed by atoms with van der Waals surface area (Å²) in [6.07, 6.45) is 1.63. The van der Waals surface area contributed by atoms with E-state index in [4.69, 9.17) is 9.84 Å². The second-order valence-corrected chi connectivity index (χ2v) is 6.67. The van der Waals surface area contributed by atoms with E-state index in [9.17, 15) is 14.0 Å². The second-order valence-electron chi connectivity index (χ2n) is 6.67. The Balaban J connectivity index is 1.78. The van der Waals surface area contributed by atoms with E-state index in [1.54, 1.807) is 24.3 Å². The number of hydrogen-bond donors (Lipinski definition) is 1. The molecule has 1 heterocycles. The van der Waals surface area contributed by atoms with Gasteiger partial charge in [0.25, 0.3) is 0 Å². The zero-order valence-electron chi connectivity index (χ0n) is 14.9. The summed E-state index contributed by atoms with van der Waals surface area (Å²) in [5, 5.41) is 9.13. The van der Waals surface area contributed by atoms with Crippen LogP contribution in [0.3, 0.4) is 0 Å². The van der Waals surface area contributed by atoms with Crippen molar-refractivity contribution in [3.8, 4) is 0 Å². The third-order valence-corrected chi connectivity index (χ3v) is 4.75. The number of benzene rings is 2. The Labute approximate surface area is 157 Å². The molecule has 2 aromatic carbocycles. The van der Waals surface area contributed by atoms with Gasteiger partial charge < -0.3 is 14.7 Å². The molecule has 0 aromatic heterocycles. The van der Waals surface area contributed by atoms with E-state index in [0.717, 1.165) is 18.4 Å². The van der Waals surface area contributed by atoms with Crippen molar-refractivity contribution in [2.75, 3.05) is 13.2 Å². The summed E-state index contributed by atoms with van der Waals surface area (Å²) in [6.45, 7) is 1.60. The molecule has 1 N–H and O–H groups in total. The molecule has 5 nitrogen and oxygen atoms in total. The molecule has 1 aliphatic rings. The lowest BCUT2D eigenvalue weighted by Crippen LogP contribution is -2.43. The third kappa shape index (κ3) is 5.14. The van der Waals surface area contributed by atoms with Gasteiger partial charge in [-0.15, -0.1) is 0 Å². The molecule has 0 unspecified atom stereocenters. The van der Waals surface area contributed by atoms with Crippen molar-refractivity contribution in [3.05, 3.63) is 71.0 Å². The number of rotatable bonds is 6. The highest BCUT2D eigenvalue weighted by molar-refractivity contribution is 5.88. The minimum Gasteiger partial charge on any atom is -0.478 e. The van der Waals surface area contributed by atoms with Gasteiger partial charge in [-0.1, -0.05) is 24.3 Å². The van der Waals surface area contributed by atoms with Crippen LogP contribution in [0.4, 0.5) is 4.39 Å². The minimum absolute atomic E-state index is 0.0546. The van der Waals surface area contributed by atoms with Crippen molar-refractivity contribution in [1.82, 2.24) is 4.90 Å². The van der Waals surface area contributed by atoms with Crippen molar-refractivity contribution in [3.63, 3.8) is 0 Å². The molecule has 1 saturated heterocycles. The van der Waals surface area contributed by atoms with Crippen LogP contribution in [0.25, 0.3) is 0 Å². The molecular formula is C21H22FNO4. The topological polar surface area (TPSA) is 66.8 Å². The molecule has 1 fully saturated rings. The summed E-state index contributed by atoms with van der Waals surface area (Å²) in [7, 11) is 0. The SMILES string of the molecule is O=C(O)c1cccc(CC(=O)N(Cc2ccc(F)cc2)C2CCOCC2)c1. The Hall–Kier alpha value is -2.73. The van der Waals surface area contributed by atoms with E-state index < -0.39 is 5.97 Å². The average Bonchev–Trinajstić information content (AvgIpc) is 2.68. The molecule has 0 atom stereocenters. The number of ether oxygens (including phenoxy) is 1. The molecule has 0 bridgehead atoms. The molecule has 0 aliphatic carbocycles. The van der Waals surface area contributed by atoms with E-state index >= 15 is 0 Å². The number of hydrogen-bond acceptors (Lipinski definition) is 3. The molecule has 0 radical (unpaired) electrons. The van der Waals surface area contributed by atoms with Crippen LogP contribution in [-0.4, -0.2) is 41.1 Å². The largest absolute Gasteiger partial charge is 0.478 e. The first-order valence-electron chi connectivity index (χ1n) is 8.97. The Morgan fingerprint density at radius 3 is 2.44 bits per heavy atom. The lowest BCUT2D eigenvalue weighted by atomic mass is 10.0. The van der Waals surface area contributed by atoms with E-state index in [1.807, 2.05) is 4.90 Å². The van der Waals surface area contributed by atoms with Gasteiger partial charge in [-0.25, -0.2) is 9.18 Å². The van der Waals surface area contributed by atoms with Crippen LogP contribution in [-0.2, 0) is 22.5 Å². The molecule has 27 heavy (non-hydrogen) atoms. The molecule has 2 aromatic rings. The lowest BCUT2D eigenvalue weighted by molar-refractivity contribution is -0.135. The first-order valence-corrected chi connectivity index (χ1v) is 8.97. The van der Waals surface area contributed by atoms with Gasteiger partial charge in [-0.3, -0.25) is 4.79 Å². The van der Waals surface area contributed by atoms with E-state index in [0.29, 0.717) is 25.3 Å². The van der Waals surface area contributed by atoms with Gasteiger partial charge in [-0.2, -0.15) is 0 Å². The van der Waals surface area contributed by atoms with Gasteiger partial charge in [0.15, 0.2) is 0 Å². The Bertz CT molecular complexity index is 800. The molecule has 1 amide bonds. The summed E-state index contributed by atoms with van der Waals surface area (Å²) in [6, 6.07) is 12.6. The van der Waals surface area contributed by atoms with Crippen molar-refractivity contribution in [1.29, 1.82) is 0 Å². The summed E-state index contributed by atoms with van der Waals surface area (Å²) < 4.78 is 18.6. The number of carbonyl (C=O) groups excluding carboxylic acids is 1. The zero-order chi connectivity index (χ0) is 19.2. The van der Waals surface area contributed by atoms with Crippen LogP contribution >= 0.6 is 0 Å². The Morgan fingerprint density at radius 2 is 1.78 bits per heavy atom. The van der Waals surface area contributed by atoms with Crippen molar-refractivity contribution in [2.24, 2.45) is 0 Å². The molecule has 0 spiro atoms. The number of aromatic carboxylic acids is 1. The molecule has 142 valence electrons. The molecule has 3 rings (SSSR count). The smallest absolute Gasteiger partial charge is 0.335 e. The highest BCUT2D eigenvalue weighted by atomic mass is 19.1. The van der Waals surface area contributed by atoms with Crippen LogP contribution in [0, 0.1) is 5.82 Å². The molecular weight excluding hydrogens is 349 g/mol. The quantitative estimate of drug-likeness (QED) is 0.846. The summed E-state index contributed by atoms with van der Waals surface area (Å²) in [5.41, 5.74) is 1.68. The van der Waals surface area contributed by atoms with E-state index in [1.165, 1.54) is 24.3 Å². The van der Waals surface area contributed by atoms with Crippen LogP contribution in [0.5, 0.6) is 0 Å². The predicted octanol–water partition coefficient (Wildman–Crippen LogP) is 3.27. The van der Waals surface area contributed by atoms with Gasteiger partial charge in [-0.05, 0) is 48.2 Å². The normalized spacial score (nSPS) is 14.7. The van der Waals surface area contributed by atoms with Gasteiger partial charge in [0.2, 0.25) is 5.91 Å². The number of carboxylic acid groups (broad SMARTS) is 1. The van der Waals surface area contributed by atoms with Crippen LogP contribution in [0.2, 0.25) is 0 Å². The second kappa shape index (κ2) is 8.77. The third-order valence-electron chi connectivity index (χ3n) is 4.75. The number of amides is 1. The number of halogens is 1. The monoisotopic (exact) mass is 371 g/mol. The van der Waals surface area contributed by atoms with Gasteiger partial charge >= 0.3 is 5.97 Å². The fraction of sp³-hybridized carbons (Fsp3) is 0.333. The van der Waals surface area contributed by atoms with Gasteiger partial charge in [0.05, 0.1) is 12.0 Å². The minimum atomic E-state index is -1.02. The van der Waals surface area contributed by atoms with Crippen LogP contribution in [0.15, 0.2) is 48.5 Å². The maximum atomic E-state index is 13.2. The fourth-order valence-corrected chi connectivity index (χ4v) is 3.29.